The summed E-state index contributed by atoms with van der Waals surface area (Å²) in [5, 5.41) is 6.09. The SMILES string of the molecule is CCCN(C(=O)C(Cc1ccccc1)NC(=O)OC(C)(C)C)C(C(=O)NC1CCCCC1)c1cc(C)cc(C)c1. The average molecular weight is 550 g/mol. The van der Waals surface area contributed by atoms with E-state index in [-0.39, 0.29) is 24.3 Å². The van der Waals surface area contributed by atoms with Crippen LogP contribution in [0.3, 0.4) is 0 Å². The van der Waals surface area contributed by atoms with E-state index in [0.717, 1.165) is 47.9 Å². The van der Waals surface area contributed by atoms with Gasteiger partial charge in [0.05, 0.1) is 0 Å². The molecular formula is C33H47N3O4. The first-order chi connectivity index (χ1) is 19.0. The lowest BCUT2D eigenvalue weighted by molar-refractivity contribution is -0.142. The normalized spacial score (nSPS) is 15.6. The van der Waals surface area contributed by atoms with Gasteiger partial charge in [-0.3, -0.25) is 9.59 Å². The number of aryl methyl sites for hydroxylation is 2. The molecule has 0 aliphatic heterocycles. The highest BCUT2D eigenvalue weighted by molar-refractivity contribution is 5.92. The second-order valence-corrected chi connectivity index (χ2v) is 12.1. The van der Waals surface area contributed by atoms with E-state index >= 15 is 0 Å². The molecule has 1 fully saturated rings. The van der Waals surface area contributed by atoms with Gasteiger partial charge in [0.2, 0.25) is 11.8 Å². The fraction of sp³-hybridized carbons (Fsp3) is 0.545. The van der Waals surface area contributed by atoms with Crippen molar-refractivity contribution in [2.45, 2.75) is 110 Å². The Morgan fingerprint density at radius 1 is 0.975 bits per heavy atom. The van der Waals surface area contributed by atoms with Crippen molar-refractivity contribution in [2.75, 3.05) is 6.54 Å². The van der Waals surface area contributed by atoms with Gasteiger partial charge in [-0.05, 0) is 65.0 Å². The van der Waals surface area contributed by atoms with Crippen molar-refractivity contribution in [3.8, 4) is 0 Å². The first-order valence-electron chi connectivity index (χ1n) is 14.7. The van der Waals surface area contributed by atoms with Gasteiger partial charge in [0.15, 0.2) is 0 Å². The van der Waals surface area contributed by atoms with Gasteiger partial charge in [0.25, 0.3) is 0 Å². The second-order valence-electron chi connectivity index (χ2n) is 12.1. The Balaban J connectivity index is 2.01. The molecule has 1 saturated carbocycles. The Bertz CT molecular complexity index is 1120. The quantitative estimate of drug-likeness (QED) is 0.371. The zero-order valence-electron chi connectivity index (χ0n) is 25.1. The number of carbonyl (C=O) groups is 3. The zero-order valence-corrected chi connectivity index (χ0v) is 25.1. The number of nitrogens with zero attached hydrogens (tertiary/aromatic N) is 1. The average Bonchev–Trinajstić information content (AvgIpc) is 2.87. The van der Waals surface area contributed by atoms with Crippen LogP contribution in [0, 0.1) is 13.8 Å². The second kappa shape index (κ2) is 14.3. The number of amides is 3. The molecule has 218 valence electrons. The maximum absolute atomic E-state index is 14.4. The lowest BCUT2D eigenvalue weighted by Gasteiger charge is -2.36. The molecule has 1 aliphatic carbocycles. The van der Waals surface area contributed by atoms with Crippen molar-refractivity contribution >= 4 is 17.9 Å². The molecule has 2 aromatic rings. The Morgan fingerprint density at radius 3 is 2.17 bits per heavy atom. The minimum absolute atomic E-state index is 0.105. The Morgan fingerprint density at radius 2 is 1.60 bits per heavy atom. The maximum atomic E-state index is 14.4. The van der Waals surface area contributed by atoms with Crippen LogP contribution in [-0.2, 0) is 20.7 Å². The van der Waals surface area contributed by atoms with Crippen LogP contribution in [0.5, 0.6) is 0 Å². The molecule has 7 heteroatoms. The van der Waals surface area contributed by atoms with E-state index in [1.165, 1.54) is 6.42 Å². The molecule has 2 aromatic carbocycles. The van der Waals surface area contributed by atoms with Crippen LogP contribution in [-0.4, -0.2) is 47.0 Å². The molecule has 2 N–H and O–H groups in total. The van der Waals surface area contributed by atoms with E-state index < -0.39 is 23.8 Å². The van der Waals surface area contributed by atoms with Crippen LogP contribution in [0.2, 0.25) is 0 Å². The van der Waals surface area contributed by atoms with Gasteiger partial charge in [0, 0.05) is 19.0 Å². The van der Waals surface area contributed by atoms with Gasteiger partial charge in [-0.1, -0.05) is 85.8 Å². The van der Waals surface area contributed by atoms with Crippen LogP contribution in [0.4, 0.5) is 4.79 Å². The number of nitrogens with one attached hydrogen (secondary N) is 2. The molecule has 3 amide bonds. The summed E-state index contributed by atoms with van der Waals surface area (Å²) in [5.74, 6) is -0.478. The summed E-state index contributed by atoms with van der Waals surface area (Å²) in [4.78, 5) is 43.0. The molecule has 1 aliphatic rings. The monoisotopic (exact) mass is 549 g/mol. The summed E-state index contributed by atoms with van der Waals surface area (Å²) in [5.41, 5.74) is 3.03. The number of alkyl carbamates (subject to hydrolysis) is 1. The third-order valence-electron chi connectivity index (χ3n) is 7.09. The van der Waals surface area contributed by atoms with E-state index in [1.54, 1.807) is 25.7 Å². The molecule has 0 radical (unpaired) electrons. The number of ether oxygens (including phenoxy) is 1. The standard InChI is InChI=1S/C33H47N3O4/c1-7-18-36(31(38)28(22-25-14-10-8-11-15-25)35-32(39)40-33(4,5)6)29(26-20-23(2)19-24(3)21-26)30(37)34-27-16-12-9-13-17-27/h8,10-11,14-15,19-21,27-29H,7,9,12-13,16-18,22H2,1-6H3,(H,34,37)(H,35,39). The minimum atomic E-state index is -0.903. The minimum Gasteiger partial charge on any atom is -0.444 e. The van der Waals surface area contributed by atoms with Gasteiger partial charge in [-0.15, -0.1) is 0 Å². The Kier molecular flexibility index (Phi) is 11.2. The van der Waals surface area contributed by atoms with Crippen molar-refractivity contribution in [2.24, 2.45) is 0 Å². The first-order valence-corrected chi connectivity index (χ1v) is 14.7. The molecule has 0 aromatic heterocycles. The number of hydrogen-bond donors (Lipinski definition) is 2. The summed E-state index contributed by atoms with van der Waals surface area (Å²) < 4.78 is 5.52. The third-order valence-corrected chi connectivity index (χ3v) is 7.09. The number of rotatable bonds is 10. The van der Waals surface area contributed by atoms with Crippen LogP contribution in [0.25, 0.3) is 0 Å². The van der Waals surface area contributed by atoms with Crippen LogP contribution in [0.1, 0.15) is 94.5 Å². The van der Waals surface area contributed by atoms with Gasteiger partial charge in [-0.25, -0.2) is 4.79 Å². The zero-order chi connectivity index (χ0) is 29.3. The lowest BCUT2D eigenvalue weighted by Crippen LogP contribution is -2.54. The van der Waals surface area contributed by atoms with E-state index in [1.807, 2.05) is 63.2 Å². The summed E-state index contributed by atoms with van der Waals surface area (Å²) >= 11 is 0. The van der Waals surface area contributed by atoms with Gasteiger partial charge < -0.3 is 20.3 Å². The molecule has 40 heavy (non-hydrogen) atoms. The number of benzene rings is 2. The van der Waals surface area contributed by atoms with Crippen LogP contribution >= 0.6 is 0 Å². The van der Waals surface area contributed by atoms with Crippen molar-refractivity contribution < 1.29 is 19.1 Å². The van der Waals surface area contributed by atoms with Crippen molar-refractivity contribution in [1.82, 2.24) is 15.5 Å². The summed E-state index contributed by atoms with van der Waals surface area (Å²) in [6.07, 6.45) is 5.55. The molecule has 3 rings (SSSR count). The fourth-order valence-electron chi connectivity index (χ4n) is 5.47. The van der Waals surface area contributed by atoms with Gasteiger partial charge in [-0.2, -0.15) is 0 Å². The van der Waals surface area contributed by atoms with Crippen LogP contribution < -0.4 is 10.6 Å². The molecule has 2 unspecified atom stereocenters. The molecule has 7 nitrogen and oxygen atoms in total. The smallest absolute Gasteiger partial charge is 0.408 e. The summed E-state index contributed by atoms with van der Waals surface area (Å²) in [6, 6.07) is 14.0. The molecule has 2 atom stereocenters. The predicted molar refractivity (Wildman–Crippen MR) is 159 cm³/mol. The predicted octanol–water partition coefficient (Wildman–Crippen LogP) is 6.17. The highest BCUT2D eigenvalue weighted by atomic mass is 16.6. The van der Waals surface area contributed by atoms with E-state index in [2.05, 4.69) is 16.7 Å². The van der Waals surface area contributed by atoms with Gasteiger partial charge >= 0.3 is 6.09 Å². The highest BCUT2D eigenvalue weighted by Crippen LogP contribution is 2.27. The molecule has 0 spiro atoms. The molecule has 0 heterocycles. The fourth-order valence-corrected chi connectivity index (χ4v) is 5.47. The van der Waals surface area contributed by atoms with Gasteiger partial charge in [0.1, 0.15) is 17.7 Å². The highest BCUT2D eigenvalue weighted by Gasteiger charge is 2.37. The van der Waals surface area contributed by atoms with Crippen molar-refractivity contribution in [3.05, 3.63) is 70.8 Å². The third kappa shape index (κ3) is 9.39. The number of hydrogen-bond acceptors (Lipinski definition) is 4. The largest absolute Gasteiger partial charge is 0.444 e. The topological polar surface area (TPSA) is 87.7 Å². The molecular weight excluding hydrogens is 502 g/mol. The Labute approximate surface area is 240 Å². The van der Waals surface area contributed by atoms with E-state index in [0.29, 0.717) is 13.0 Å². The maximum Gasteiger partial charge on any atom is 0.408 e. The molecule has 0 bridgehead atoms. The van der Waals surface area contributed by atoms with E-state index in [4.69, 9.17) is 4.74 Å². The summed E-state index contributed by atoms with van der Waals surface area (Å²) in [6.45, 7) is 11.7. The first kappa shape index (κ1) is 31.2. The molecule has 0 saturated heterocycles. The van der Waals surface area contributed by atoms with Crippen molar-refractivity contribution in [1.29, 1.82) is 0 Å². The summed E-state index contributed by atoms with van der Waals surface area (Å²) in [7, 11) is 0. The number of carbonyl (C=O) groups excluding carboxylic acids is 3. The van der Waals surface area contributed by atoms with E-state index in [9.17, 15) is 14.4 Å². The lowest BCUT2D eigenvalue weighted by atomic mass is 9.93. The van der Waals surface area contributed by atoms with Crippen molar-refractivity contribution in [3.63, 3.8) is 0 Å². The Hall–Kier alpha value is -3.35. The van der Waals surface area contributed by atoms with Crippen LogP contribution in [0.15, 0.2) is 48.5 Å².